The Labute approximate surface area is 148 Å². The number of benzene rings is 1. The van der Waals surface area contributed by atoms with Crippen LogP contribution in [0.2, 0.25) is 0 Å². The molecule has 2 rings (SSSR count). The molecule has 0 heterocycles. The van der Waals surface area contributed by atoms with Crippen LogP contribution in [0.1, 0.15) is 56.3 Å². The topological polar surface area (TPSA) is 84.5 Å². The van der Waals surface area contributed by atoms with Crippen molar-refractivity contribution in [2.24, 2.45) is 5.92 Å². The van der Waals surface area contributed by atoms with Gasteiger partial charge < -0.3 is 10.1 Å². The minimum atomic E-state index is -0.505. The van der Waals surface area contributed by atoms with Crippen molar-refractivity contribution in [1.29, 1.82) is 0 Å². The van der Waals surface area contributed by atoms with Gasteiger partial charge in [-0.1, -0.05) is 26.7 Å². The summed E-state index contributed by atoms with van der Waals surface area (Å²) in [6.07, 6.45) is 4.78. The Balaban J connectivity index is 1.74. The first-order valence-electron chi connectivity index (χ1n) is 8.86. The van der Waals surface area contributed by atoms with E-state index in [-0.39, 0.29) is 18.4 Å². The van der Waals surface area contributed by atoms with Crippen LogP contribution in [0.5, 0.6) is 5.75 Å². The molecule has 0 aliphatic heterocycles. The van der Waals surface area contributed by atoms with Crippen LogP contribution >= 0.6 is 0 Å². The molecule has 2 N–H and O–H groups in total. The standard InChI is InChI=1S/C19H26N2O4/c1-3-17(22)14-8-10-15(11-9-14)25-12-18(23)21-19(24)20-16-7-5-4-6-13(16)2/h8-11,13,16H,3-7,12H2,1-2H3,(H2,20,21,23,24)/t13-,16+/m1/s1. The normalized spacial score (nSPS) is 19.8. The van der Waals surface area contributed by atoms with Crippen LogP contribution in [0.25, 0.3) is 0 Å². The van der Waals surface area contributed by atoms with Gasteiger partial charge in [-0.25, -0.2) is 4.79 Å². The maximum atomic E-state index is 11.9. The third-order valence-corrected chi connectivity index (χ3v) is 4.55. The molecular formula is C19H26N2O4. The van der Waals surface area contributed by atoms with E-state index in [0.717, 1.165) is 19.3 Å². The number of carbonyl (C=O) groups excluding carboxylic acids is 3. The second-order valence-electron chi connectivity index (χ2n) is 6.48. The molecule has 0 spiro atoms. The van der Waals surface area contributed by atoms with Crippen LogP contribution in [0, 0.1) is 5.92 Å². The van der Waals surface area contributed by atoms with Crippen LogP contribution in [0.4, 0.5) is 4.79 Å². The number of ketones is 1. The maximum Gasteiger partial charge on any atom is 0.321 e. The lowest BCUT2D eigenvalue weighted by Gasteiger charge is -2.29. The zero-order valence-electron chi connectivity index (χ0n) is 14.8. The molecule has 0 aromatic heterocycles. The fraction of sp³-hybridized carbons (Fsp3) is 0.526. The van der Waals surface area contributed by atoms with Gasteiger partial charge in [0.2, 0.25) is 0 Å². The number of rotatable bonds is 6. The number of imide groups is 1. The number of urea groups is 1. The molecule has 1 aliphatic carbocycles. The number of hydrogen-bond acceptors (Lipinski definition) is 4. The number of nitrogens with one attached hydrogen (secondary N) is 2. The van der Waals surface area contributed by atoms with Gasteiger partial charge in [-0.3, -0.25) is 14.9 Å². The Kier molecular flexibility index (Phi) is 6.98. The molecule has 6 nitrogen and oxygen atoms in total. The largest absolute Gasteiger partial charge is 0.484 e. The van der Waals surface area contributed by atoms with E-state index in [1.54, 1.807) is 31.2 Å². The monoisotopic (exact) mass is 346 g/mol. The SMILES string of the molecule is CCC(=O)c1ccc(OCC(=O)NC(=O)N[C@H]2CCCC[C@H]2C)cc1. The third-order valence-electron chi connectivity index (χ3n) is 4.55. The zero-order chi connectivity index (χ0) is 18.2. The average Bonchev–Trinajstić information content (AvgIpc) is 2.61. The van der Waals surface area contributed by atoms with Gasteiger partial charge in [0.05, 0.1) is 0 Å². The molecule has 1 saturated carbocycles. The second kappa shape index (κ2) is 9.20. The van der Waals surface area contributed by atoms with E-state index in [2.05, 4.69) is 17.6 Å². The lowest BCUT2D eigenvalue weighted by atomic mass is 9.86. The molecular weight excluding hydrogens is 320 g/mol. The van der Waals surface area contributed by atoms with E-state index >= 15 is 0 Å². The lowest BCUT2D eigenvalue weighted by molar-refractivity contribution is -0.122. The summed E-state index contributed by atoms with van der Waals surface area (Å²) in [4.78, 5) is 35.3. The van der Waals surface area contributed by atoms with Gasteiger partial charge in [0, 0.05) is 18.0 Å². The van der Waals surface area contributed by atoms with Crippen LogP contribution in [0.3, 0.4) is 0 Å². The van der Waals surface area contributed by atoms with Crippen molar-refractivity contribution in [2.45, 2.75) is 52.0 Å². The first kappa shape index (κ1) is 19.0. The summed E-state index contributed by atoms with van der Waals surface area (Å²) in [6, 6.07) is 6.24. The molecule has 1 aromatic carbocycles. The van der Waals surface area contributed by atoms with Crippen LogP contribution in [-0.2, 0) is 4.79 Å². The molecule has 136 valence electrons. The molecule has 0 radical (unpaired) electrons. The predicted molar refractivity (Wildman–Crippen MR) is 94.7 cm³/mol. The Morgan fingerprint density at radius 1 is 1.12 bits per heavy atom. The summed E-state index contributed by atoms with van der Waals surface area (Å²) in [5.74, 6) is 0.451. The van der Waals surface area contributed by atoms with E-state index in [1.807, 2.05) is 0 Å². The Morgan fingerprint density at radius 2 is 1.80 bits per heavy atom. The van der Waals surface area contributed by atoms with Gasteiger partial charge in [0.1, 0.15) is 5.75 Å². The van der Waals surface area contributed by atoms with E-state index in [1.165, 1.54) is 6.42 Å². The highest BCUT2D eigenvalue weighted by Crippen LogP contribution is 2.23. The molecule has 1 fully saturated rings. The van der Waals surface area contributed by atoms with Crippen molar-refractivity contribution in [1.82, 2.24) is 10.6 Å². The summed E-state index contributed by atoms with van der Waals surface area (Å²) in [7, 11) is 0. The summed E-state index contributed by atoms with van der Waals surface area (Å²) in [5, 5.41) is 5.15. The first-order valence-corrected chi connectivity index (χ1v) is 8.86. The molecule has 6 heteroatoms. The highest BCUT2D eigenvalue weighted by molar-refractivity contribution is 5.96. The van der Waals surface area contributed by atoms with Crippen molar-refractivity contribution in [3.05, 3.63) is 29.8 Å². The summed E-state index contributed by atoms with van der Waals surface area (Å²) < 4.78 is 5.34. The van der Waals surface area contributed by atoms with E-state index in [9.17, 15) is 14.4 Å². The fourth-order valence-corrected chi connectivity index (χ4v) is 2.99. The smallest absolute Gasteiger partial charge is 0.321 e. The minimum Gasteiger partial charge on any atom is -0.484 e. The number of amides is 3. The lowest BCUT2D eigenvalue weighted by Crippen LogP contribution is -2.48. The van der Waals surface area contributed by atoms with Crippen molar-refractivity contribution in [3.63, 3.8) is 0 Å². The third kappa shape index (κ3) is 5.89. The van der Waals surface area contributed by atoms with E-state index in [0.29, 0.717) is 23.7 Å². The van der Waals surface area contributed by atoms with Gasteiger partial charge in [-0.05, 0) is 43.0 Å². The number of carbonyl (C=O) groups is 3. The minimum absolute atomic E-state index is 0.0536. The maximum absolute atomic E-state index is 11.9. The zero-order valence-corrected chi connectivity index (χ0v) is 14.8. The second-order valence-corrected chi connectivity index (χ2v) is 6.48. The van der Waals surface area contributed by atoms with Gasteiger partial charge in [0.15, 0.2) is 12.4 Å². The first-order chi connectivity index (χ1) is 12.0. The van der Waals surface area contributed by atoms with Crippen molar-refractivity contribution in [2.75, 3.05) is 6.61 Å². The van der Waals surface area contributed by atoms with E-state index in [4.69, 9.17) is 4.74 Å². The average molecular weight is 346 g/mol. The Morgan fingerprint density at radius 3 is 2.44 bits per heavy atom. The molecule has 2 atom stereocenters. The van der Waals surface area contributed by atoms with Gasteiger partial charge in [-0.15, -0.1) is 0 Å². The van der Waals surface area contributed by atoms with Gasteiger partial charge >= 0.3 is 6.03 Å². The number of hydrogen-bond donors (Lipinski definition) is 2. The molecule has 1 aliphatic rings. The Bertz CT molecular complexity index is 612. The van der Waals surface area contributed by atoms with Crippen molar-refractivity contribution >= 4 is 17.7 Å². The quantitative estimate of drug-likeness (QED) is 0.775. The van der Waals surface area contributed by atoms with Gasteiger partial charge in [-0.2, -0.15) is 0 Å². The Hall–Kier alpha value is -2.37. The predicted octanol–water partition coefficient (Wildman–Crippen LogP) is 3.06. The van der Waals surface area contributed by atoms with Crippen LogP contribution in [0.15, 0.2) is 24.3 Å². The summed E-state index contributed by atoms with van der Waals surface area (Å²) >= 11 is 0. The summed E-state index contributed by atoms with van der Waals surface area (Å²) in [6.45, 7) is 3.66. The molecule has 0 saturated heterocycles. The van der Waals surface area contributed by atoms with Crippen molar-refractivity contribution < 1.29 is 19.1 Å². The van der Waals surface area contributed by atoms with Crippen LogP contribution < -0.4 is 15.4 Å². The van der Waals surface area contributed by atoms with Gasteiger partial charge in [0.25, 0.3) is 5.91 Å². The highest BCUT2D eigenvalue weighted by Gasteiger charge is 2.23. The molecule has 1 aromatic rings. The summed E-state index contributed by atoms with van der Waals surface area (Å²) in [5.41, 5.74) is 0.611. The molecule has 3 amide bonds. The molecule has 25 heavy (non-hydrogen) atoms. The van der Waals surface area contributed by atoms with Crippen LogP contribution in [-0.4, -0.2) is 30.4 Å². The molecule has 0 unspecified atom stereocenters. The highest BCUT2D eigenvalue weighted by atomic mass is 16.5. The van der Waals surface area contributed by atoms with Crippen molar-refractivity contribution in [3.8, 4) is 5.75 Å². The van der Waals surface area contributed by atoms with E-state index < -0.39 is 11.9 Å². The molecule has 0 bridgehead atoms. The fourth-order valence-electron chi connectivity index (χ4n) is 2.99. The number of ether oxygens (including phenoxy) is 1. The number of Topliss-reactive ketones (excluding diaryl/α,β-unsaturated/α-hetero) is 1.